The number of rotatable bonds is 3. The molecule has 6 heteroatoms. The highest BCUT2D eigenvalue weighted by molar-refractivity contribution is 5.81. The molecule has 0 bridgehead atoms. The highest BCUT2D eigenvalue weighted by Gasteiger charge is 2.38. The van der Waals surface area contributed by atoms with Crippen LogP contribution in [0.2, 0.25) is 0 Å². The van der Waals surface area contributed by atoms with E-state index in [4.69, 9.17) is 4.74 Å². The lowest BCUT2D eigenvalue weighted by molar-refractivity contribution is -0.173. The van der Waals surface area contributed by atoms with E-state index < -0.39 is 12.1 Å². The second kappa shape index (κ2) is 5.34. The molecule has 1 amide bonds. The average Bonchev–Trinajstić information content (AvgIpc) is 2.18. The van der Waals surface area contributed by atoms with Gasteiger partial charge in [0.05, 0.1) is 6.10 Å². The summed E-state index contributed by atoms with van der Waals surface area (Å²) in [5.74, 6) is -1.88. The van der Waals surface area contributed by atoms with Crippen LogP contribution in [0.3, 0.4) is 0 Å². The van der Waals surface area contributed by atoms with E-state index in [1.54, 1.807) is 0 Å². The van der Waals surface area contributed by atoms with E-state index in [2.05, 4.69) is 0 Å². The van der Waals surface area contributed by atoms with Crippen molar-refractivity contribution in [2.45, 2.75) is 38.0 Å². The SMILES string of the molecule is O=C(NCCC1CCCCO1)C(F)(F)F. The minimum atomic E-state index is -4.78. The van der Waals surface area contributed by atoms with Crippen molar-refractivity contribution in [3.8, 4) is 0 Å². The van der Waals surface area contributed by atoms with E-state index in [1.807, 2.05) is 5.32 Å². The summed E-state index contributed by atoms with van der Waals surface area (Å²) in [5.41, 5.74) is 0. The maximum atomic E-state index is 11.8. The van der Waals surface area contributed by atoms with E-state index in [0.29, 0.717) is 13.0 Å². The molecule has 1 heterocycles. The summed E-state index contributed by atoms with van der Waals surface area (Å²) >= 11 is 0. The van der Waals surface area contributed by atoms with Gasteiger partial charge < -0.3 is 10.1 Å². The van der Waals surface area contributed by atoms with Crippen LogP contribution in [0.1, 0.15) is 25.7 Å². The molecule has 0 aromatic rings. The van der Waals surface area contributed by atoms with Gasteiger partial charge >= 0.3 is 12.1 Å². The predicted octanol–water partition coefficient (Wildman–Crippen LogP) is 1.62. The lowest BCUT2D eigenvalue weighted by Gasteiger charge is -2.22. The Kier molecular flexibility index (Phi) is 4.38. The molecule has 88 valence electrons. The highest BCUT2D eigenvalue weighted by Crippen LogP contribution is 2.16. The second-order valence-electron chi connectivity index (χ2n) is 3.53. The van der Waals surface area contributed by atoms with Crippen LogP contribution >= 0.6 is 0 Å². The molecule has 1 rings (SSSR count). The van der Waals surface area contributed by atoms with Crippen molar-refractivity contribution in [2.75, 3.05) is 13.2 Å². The molecule has 0 aromatic heterocycles. The minimum absolute atomic E-state index is 0.00714. The molecule has 0 spiro atoms. The molecule has 15 heavy (non-hydrogen) atoms. The molecule has 0 radical (unpaired) electrons. The summed E-state index contributed by atoms with van der Waals surface area (Å²) in [5, 5.41) is 1.83. The normalized spacial score (nSPS) is 22.5. The van der Waals surface area contributed by atoms with Crippen molar-refractivity contribution >= 4 is 5.91 Å². The van der Waals surface area contributed by atoms with Gasteiger partial charge in [0.15, 0.2) is 0 Å². The van der Waals surface area contributed by atoms with Gasteiger partial charge in [-0.05, 0) is 25.7 Å². The number of alkyl halides is 3. The van der Waals surface area contributed by atoms with E-state index in [1.165, 1.54) is 0 Å². The van der Waals surface area contributed by atoms with Crippen LogP contribution in [0.15, 0.2) is 0 Å². The molecule has 3 nitrogen and oxygen atoms in total. The lowest BCUT2D eigenvalue weighted by Crippen LogP contribution is -2.38. The first-order chi connectivity index (χ1) is 7.00. The van der Waals surface area contributed by atoms with Crippen molar-refractivity contribution in [2.24, 2.45) is 0 Å². The number of halogens is 3. The zero-order valence-electron chi connectivity index (χ0n) is 8.27. The Balaban J connectivity index is 2.12. The smallest absolute Gasteiger partial charge is 0.378 e. The molecule has 1 saturated heterocycles. The van der Waals surface area contributed by atoms with Gasteiger partial charge in [-0.25, -0.2) is 0 Å². The van der Waals surface area contributed by atoms with Crippen LogP contribution in [0.5, 0.6) is 0 Å². The average molecular weight is 225 g/mol. The summed E-state index contributed by atoms with van der Waals surface area (Å²) in [6.45, 7) is 0.681. The molecular formula is C9H14F3NO2. The summed E-state index contributed by atoms with van der Waals surface area (Å²) in [6.07, 6.45) is -1.44. The van der Waals surface area contributed by atoms with Crippen molar-refractivity contribution in [3.63, 3.8) is 0 Å². The van der Waals surface area contributed by atoms with Gasteiger partial charge in [0.25, 0.3) is 0 Å². The topological polar surface area (TPSA) is 38.3 Å². The van der Waals surface area contributed by atoms with Crippen LogP contribution < -0.4 is 5.32 Å². The number of hydrogen-bond donors (Lipinski definition) is 1. The van der Waals surface area contributed by atoms with Gasteiger partial charge in [-0.15, -0.1) is 0 Å². The Bertz CT molecular complexity index is 212. The summed E-state index contributed by atoms with van der Waals surface area (Å²) < 4.78 is 40.6. The van der Waals surface area contributed by atoms with Crippen LogP contribution in [-0.2, 0) is 9.53 Å². The zero-order valence-corrected chi connectivity index (χ0v) is 8.27. The van der Waals surface area contributed by atoms with Gasteiger partial charge in [0.1, 0.15) is 0 Å². The first kappa shape index (κ1) is 12.3. The summed E-state index contributed by atoms with van der Waals surface area (Å²) in [6, 6.07) is 0. The first-order valence-electron chi connectivity index (χ1n) is 4.97. The Morgan fingerprint density at radius 2 is 2.13 bits per heavy atom. The molecule has 1 fully saturated rings. The van der Waals surface area contributed by atoms with Crippen LogP contribution in [-0.4, -0.2) is 31.3 Å². The van der Waals surface area contributed by atoms with E-state index in [-0.39, 0.29) is 12.6 Å². The third-order valence-electron chi connectivity index (χ3n) is 2.28. The van der Waals surface area contributed by atoms with E-state index >= 15 is 0 Å². The fourth-order valence-corrected chi connectivity index (χ4v) is 1.48. The fraction of sp³-hybridized carbons (Fsp3) is 0.889. The zero-order chi connectivity index (χ0) is 11.3. The maximum Gasteiger partial charge on any atom is 0.471 e. The Morgan fingerprint density at radius 3 is 2.67 bits per heavy atom. The molecule has 0 saturated carbocycles. The van der Waals surface area contributed by atoms with Crippen LogP contribution in [0.4, 0.5) is 13.2 Å². The number of nitrogens with one attached hydrogen (secondary N) is 1. The molecule has 1 atom stereocenters. The second-order valence-corrected chi connectivity index (χ2v) is 3.53. The Labute approximate surface area is 86.0 Å². The molecule has 1 N–H and O–H groups in total. The standard InChI is InChI=1S/C9H14F3NO2/c10-9(11,12)8(14)13-5-4-7-3-1-2-6-15-7/h7H,1-6H2,(H,13,14). The number of carbonyl (C=O) groups is 1. The van der Waals surface area contributed by atoms with Crippen LogP contribution in [0, 0.1) is 0 Å². The Morgan fingerprint density at radius 1 is 1.40 bits per heavy atom. The number of ether oxygens (including phenoxy) is 1. The number of amides is 1. The fourth-order valence-electron chi connectivity index (χ4n) is 1.48. The lowest BCUT2D eigenvalue weighted by atomic mass is 10.1. The molecule has 1 aliphatic rings. The third-order valence-corrected chi connectivity index (χ3v) is 2.28. The van der Waals surface area contributed by atoms with Gasteiger partial charge in [-0.2, -0.15) is 13.2 Å². The van der Waals surface area contributed by atoms with Gasteiger partial charge in [0, 0.05) is 13.2 Å². The van der Waals surface area contributed by atoms with Crippen molar-refractivity contribution < 1.29 is 22.7 Å². The molecule has 1 aliphatic heterocycles. The number of carbonyl (C=O) groups excluding carboxylic acids is 1. The largest absolute Gasteiger partial charge is 0.471 e. The van der Waals surface area contributed by atoms with Gasteiger partial charge in [-0.3, -0.25) is 4.79 Å². The van der Waals surface area contributed by atoms with Crippen molar-refractivity contribution in [1.82, 2.24) is 5.32 Å². The maximum absolute atomic E-state index is 11.8. The molecular weight excluding hydrogens is 211 g/mol. The highest BCUT2D eigenvalue weighted by atomic mass is 19.4. The first-order valence-corrected chi connectivity index (χ1v) is 4.97. The molecule has 1 unspecified atom stereocenters. The van der Waals surface area contributed by atoms with E-state index in [9.17, 15) is 18.0 Å². The number of hydrogen-bond acceptors (Lipinski definition) is 2. The molecule has 0 aromatic carbocycles. The van der Waals surface area contributed by atoms with Gasteiger partial charge in [-0.1, -0.05) is 0 Å². The van der Waals surface area contributed by atoms with Crippen LogP contribution in [0.25, 0.3) is 0 Å². The summed E-state index contributed by atoms with van der Waals surface area (Å²) in [7, 11) is 0. The predicted molar refractivity (Wildman–Crippen MR) is 47.3 cm³/mol. The van der Waals surface area contributed by atoms with Crippen molar-refractivity contribution in [3.05, 3.63) is 0 Å². The van der Waals surface area contributed by atoms with Crippen molar-refractivity contribution in [1.29, 1.82) is 0 Å². The van der Waals surface area contributed by atoms with Gasteiger partial charge in [0.2, 0.25) is 0 Å². The molecule has 0 aliphatic carbocycles. The quantitative estimate of drug-likeness (QED) is 0.792. The monoisotopic (exact) mass is 225 g/mol. The Hall–Kier alpha value is -0.780. The van der Waals surface area contributed by atoms with E-state index in [0.717, 1.165) is 19.3 Å². The summed E-state index contributed by atoms with van der Waals surface area (Å²) in [4.78, 5) is 10.4. The minimum Gasteiger partial charge on any atom is -0.378 e. The third kappa shape index (κ3) is 4.51.